The molecule has 0 unspecified atom stereocenters. The van der Waals surface area contributed by atoms with Crippen LogP contribution in [0.2, 0.25) is 0 Å². The van der Waals surface area contributed by atoms with Crippen LogP contribution in [0.3, 0.4) is 0 Å². The predicted molar refractivity (Wildman–Crippen MR) is 18.0 cm³/mol. The number of hydrogen-bond donors (Lipinski definition) is 0. The summed E-state index contributed by atoms with van der Waals surface area (Å²) in [6.45, 7) is -3.36. The standard InChI is InChI=1S/C3H4F2O2/c4-3(5)7-2-1-6/h1,3H,2H2. The topological polar surface area (TPSA) is 26.3 Å². The molecular weight excluding hydrogens is 106 g/mol. The number of ether oxygens (including phenoxy) is 1. The largest absolute Gasteiger partial charge is 0.345 e. The van der Waals surface area contributed by atoms with Crippen molar-refractivity contribution in [3.8, 4) is 0 Å². The van der Waals surface area contributed by atoms with Crippen LogP contribution < -0.4 is 0 Å². The molecule has 0 atom stereocenters. The van der Waals surface area contributed by atoms with Gasteiger partial charge in [-0.05, 0) is 0 Å². The molecule has 4 heteroatoms. The summed E-state index contributed by atoms with van der Waals surface area (Å²) in [4.78, 5) is 9.25. The molecular formula is C3H4F2O2. The molecule has 0 aromatic heterocycles. The van der Waals surface area contributed by atoms with Crippen molar-refractivity contribution in [1.82, 2.24) is 0 Å². The van der Waals surface area contributed by atoms with E-state index in [1.54, 1.807) is 0 Å². The van der Waals surface area contributed by atoms with Gasteiger partial charge >= 0.3 is 6.61 Å². The van der Waals surface area contributed by atoms with Gasteiger partial charge in [-0.3, -0.25) is 0 Å². The van der Waals surface area contributed by atoms with Gasteiger partial charge in [-0.2, -0.15) is 8.78 Å². The third-order valence-corrected chi connectivity index (χ3v) is 0.290. The van der Waals surface area contributed by atoms with Crippen molar-refractivity contribution in [2.45, 2.75) is 6.61 Å². The minimum Gasteiger partial charge on any atom is -0.315 e. The van der Waals surface area contributed by atoms with Crippen molar-refractivity contribution >= 4 is 6.29 Å². The average molecular weight is 110 g/mol. The van der Waals surface area contributed by atoms with Crippen molar-refractivity contribution in [2.24, 2.45) is 0 Å². The molecule has 0 fully saturated rings. The highest BCUT2D eigenvalue weighted by Crippen LogP contribution is 1.90. The zero-order valence-corrected chi connectivity index (χ0v) is 3.43. The van der Waals surface area contributed by atoms with Crippen molar-refractivity contribution in [3.63, 3.8) is 0 Å². The number of hydrogen-bond acceptors (Lipinski definition) is 2. The quantitative estimate of drug-likeness (QED) is 0.492. The fourth-order valence-electron chi connectivity index (χ4n) is 0.112. The fraction of sp³-hybridized carbons (Fsp3) is 0.667. The van der Waals surface area contributed by atoms with Crippen LogP contribution in [0.5, 0.6) is 0 Å². The monoisotopic (exact) mass is 110 g/mol. The van der Waals surface area contributed by atoms with Crippen molar-refractivity contribution < 1.29 is 18.3 Å². The summed E-state index contributed by atoms with van der Waals surface area (Å²) in [5, 5.41) is 0. The Labute approximate surface area is 39.1 Å². The molecule has 0 aliphatic heterocycles. The van der Waals surface area contributed by atoms with Gasteiger partial charge in [0.25, 0.3) is 0 Å². The van der Waals surface area contributed by atoms with Crippen LogP contribution in [0.4, 0.5) is 8.78 Å². The number of aldehydes is 1. The van der Waals surface area contributed by atoms with Gasteiger partial charge in [0, 0.05) is 0 Å². The molecule has 42 valence electrons. The number of rotatable bonds is 3. The van der Waals surface area contributed by atoms with Crippen LogP contribution in [0.25, 0.3) is 0 Å². The van der Waals surface area contributed by atoms with E-state index in [0.717, 1.165) is 0 Å². The first-order valence-electron chi connectivity index (χ1n) is 1.60. The molecule has 2 nitrogen and oxygen atoms in total. The highest BCUT2D eigenvalue weighted by Gasteiger charge is 1.97. The second kappa shape index (κ2) is 3.67. The average Bonchev–Trinajstić information content (AvgIpc) is 1.61. The molecule has 0 bridgehead atoms. The predicted octanol–water partition coefficient (Wildman–Crippen LogP) is 0.425. The van der Waals surface area contributed by atoms with Crippen LogP contribution in [-0.4, -0.2) is 19.5 Å². The van der Waals surface area contributed by atoms with Gasteiger partial charge in [-0.1, -0.05) is 0 Å². The van der Waals surface area contributed by atoms with Gasteiger partial charge in [0.2, 0.25) is 0 Å². The Kier molecular flexibility index (Phi) is 3.40. The lowest BCUT2D eigenvalue weighted by molar-refractivity contribution is -0.141. The third kappa shape index (κ3) is 5.49. The fourth-order valence-corrected chi connectivity index (χ4v) is 0.112. The Morgan fingerprint density at radius 2 is 2.29 bits per heavy atom. The summed E-state index contributed by atoms with van der Waals surface area (Å²) in [7, 11) is 0. The van der Waals surface area contributed by atoms with Crippen LogP contribution in [0.15, 0.2) is 0 Å². The molecule has 0 aromatic rings. The third-order valence-electron chi connectivity index (χ3n) is 0.290. The number of carbonyl (C=O) groups excluding carboxylic acids is 1. The Hall–Kier alpha value is -0.510. The molecule has 0 saturated carbocycles. The van der Waals surface area contributed by atoms with Crippen LogP contribution in [0.1, 0.15) is 0 Å². The highest BCUT2D eigenvalue weighted by atomic mass is 19.3. The lowest BCUT2D eigenvalue weighted by Gasteiger charge is -1.91. The number of alkyl halides is 2. The van der Waals surface area contributed by atoms with E-state index in [1.165, 1.54) is 0 Å². The van der Waals surface area contributed by atoms with E-state index < -0.39 is 13.2 Å². The SMILES string of the molecule is O=CCOC(F)F. The molecule has 0 rings (SSSR count). The van der Waals surface area contributed by atoms with E-state index in [9.17, 15) is 13.6 Å². The van der Waals surface area contributed by atoms with E-state index in [4.69, 9.17) is 0 Å². The second-order valence-corrected chi connectivity index (χ2v) is 0.761. The molecule has 0 aliphatic carbocycles. The second-order valence-electron chi connectivity index (χ2n) is 0.761. The van der Waals surface area contributed by atoms with Gasteiger partial charge in [0.15, 0.2) is 0 Å². The Balaban J connectivity index is 2.81. The zero-order chi connectivity index (χ0) is 5.70. The first kappa shape index (κ1) is 6.49. The summed E-state index contributed by atoms with van der Waals surface area (Å²) < 4.78 is 25.2. The molecule has 0 heterocycles. The lowest BCUT2D eigenvalue weighted by Crippen LogP contribution is -2.00. The van der Waals surface area contributed by atoms with Crippen LogP contribution >= 0.6 is 0 Å². The first-order chi connectivity index (χ1) is 3.27. The van der Waals surface area contributed by atoms with Crippen molar-refractivity contribution in [2.75, 3.05) is 6.61 Å². The minimum atomic E-state index is -2.83. The van der Waals surface area contributed by atoms with Gasteiger partial charge in [0.1, 0.15) is 12.9 Å². The minimum absolute atomic E-state index is 0.270. The van der Waals surface area contributed by atoms with Crippen molar-refractivity contribution in [3.05, 3.63) is 0 Å². The molecule has 0 aromatic carbocycles. The Bertz CT molecular complexity index is 54.9. The van der Waals surface area contributed by atoms with Gasteiger partial charge in [-0.15, -0.1) is 0 Å². The van der Waals surface area contributed by atoms with Crippen molar-refractivity contribution in [1.29, 1.82) is 0 Å². The van der Waals surface area contributed by atoms with Gasteiger partial charge < -0.3 is 9.53 Å². The van der Waals surface area contributed by atoms with Gasteiger partial charge in [-0.25, -0.2) is 0 Å². The summed E-state index contributed by atoms with van der Waals surface area (Å²) >= 11 is 0. The van der Waals surface area contributed by atoms with E-state index >= 15 is 0 Å². The summed E-state index contributed by atoms with van der Waals surface area (Å²) in [5.74, 6) is 0. The van der Waals surface area contributed by atoms with E-state index in [-0.39, 0.29) is 6.29 Å². The van der Waals surface area contributed by atoms with E-state index in [2.05, 4.69) is 4.74 Å². The Morgan fingerprint density at radius 3 is 2.43 bits per heavy atom. The normalized spacial score (nSPS) is 9.57. The lowest BCUT2D eigenvalue weighted by atomic mass is 10.8. The maximum absolute atomic E-state index is 10.8. The van der Waals surface area contributed by atoms with Crippen LogP contribution in [0, 0.1) is 0 Å². The highest BCUT2D eigenvalue weighted by molar-refractivity contribution is 5.50. The van der Waals surface area contributed by atoms with Gasteiger partial charge in [0.05, 0.1) is 0 Å². The maximum atomic E-state index is 10.8. The maximum Gasteiger partial charge on any atom is 0.345 e. The molecule has 0 N–H and O–H groups in total. The molecule has 0 spiro atoms. The summed E-state index contributed by atoms with van der Waals surface area (Å²) in [5.41, 5.74) is 0. The van der Waals surface area contributed by atoms with E-state index in [0.29, 0.717) is 0 Å². The Morgan fingerprint density at radius 1 is 1.71 bits per heavy atom. The van der Waals surface area contributed by atoms with Crippen LogP contribution in [-0.2, 0) is 9.53 Å². The first-order valence-corrected chi connectivity index (χ1v) is 1.60. The molecule has 0 aliphatic rings. The number of halogens is 2. The number of carbonyl (C=O) groups is 1. The zero-order valence-electron chi connectivity index (χ0n) is 3.43. The molecule has 0 amide bonds. The summed E-state index contributed by atoms with van der Waals surface area (Å²) in [6.07, 6.45) is 0.270. The molecule has 7 heavy (non-hydrogen) atoms. The molecule has 0 saturated heterocycles. The molecule has 0 radical (unpaired) electrons. The summed E-state index contributed by atoms with van der Waals surface area (Å²) in [6, 6.07) is 0. The van der Waals surface area contributed by atoms with E-state index in [1.807, 2.05) is 0 Å². The smallest absolute Gasteiger partial charge is 0.315 e.